The van der Waals surface area contributed by atoms with Crippen molar-refractivity contribution in [1.29, 1.82) is 0 Å². The van der Waals surface area contributed by atoms with Gasteiger partial charge < -0.3 is 25.3 Å². The Kier molecular flexibility index (Phi) is 12.4. The first-order valence-corrected chi connectivity index (χ1v) is 18.4. The number of amides is 3. The Morgan fingerprint density at radius 3 is 2.41 bits per heavy atom. The third-order valence-corrected chi connectivity index (χ3v) is 10.9. The molecule has 49 heavy (non-hydrogen) atoms. The van der Waals surface area contributed by atoms with Crippen molar-refractivity contribution in [2.75, 3.05) is 26.2 Å². The van der Waals surface area contributed by atoms with Gasteiger partial charge in [-0.25, -0.2) is 18.2 Å². The van der Waals surface area contributed by atoms with E-state index in [4.69, 9.17) is 0 Å². The number of sulfonamides is 1. The summed E-state index contributed by atoms with van der Waals surface area (Å²) in [6.07, 6.45) is -1.27. The van der Waals surface area contributed by atoms with Crippen LogP contribution in [0.2, 0.25) is 0 Å². The van der Waals surface area contributed by atoms with Crippen LogP contribution in [0.15, 0.2) is 58.8 Å². The van der Waals surface area contributed by atoms with Gasteiger partial charge >= 0.3 is 11.7 Å². The third kappa shape index (κ3) is 9.32. The van der Waals surface area contributed by atoms with Crippen molar-refractivity contribution in [2.45, 2.75) is 70.7 Å². The summed E-state index contributed by atoms with van der Waals surface area (Å²) in [5, 5.41) is 38.8. The second-order valence-corrected chi connectivity index (χ2v) is 15.9. The fourth-order valence-electron chi connectivity index (χ4n) is 5.88. The number of hydrogen-bond acceptors (Lipinski definition) is 10. The van der Waals surface area contributed by atoms with Gasteiger partial charge in [-0.1, -0.05) is 58.0 Å². The van der Waals surface area contributed by atoms with Crippen LogP contribution < -0.4 is 5.32 Å². The Bertz CT molecular complexity index is 1730. The van der Waals surface area contributed by atoms with Gasteiger partial charge in [0.05, 0.1) is 39.2 Å². The summed E-state index contributed by atoms with van der Waals surface area (Å²) < 4.78 is 28.7. The van der Waals surface area contributed by atoms with Crippen LogP contribution in [-0.4, -0.2) is 98.9 Å². The lowest BCUT2D eigenvalue weighted by Crippen LogP contribution is -2.57. The maximum absolute atomic E-state index is 14.0. The van der Waals surface area contributed by atoms with Gasteiger partial charge in [-0.05, 0) is 42.9 Å². The molecule has 266 valence electrons. The number of phenols is 1. The Morgan fingerprint density at radius 2 is 1.82 bits per heavy atom. The Balaban J connectivity index is 1.60. The molecule has 0 unspecified atom stereocenters. The number of nitrogens with one attached hydrogen (secondary N) is 1. The lowest BCUT2D eigenvalue weighted by Gasteiger charge is -2.34. The fourth-order valence-corrected chi connectivity index (χ4v) is 8.12. The van der Waals surface area contributed by atoms with Crippen LogP contribution in [-0.2, 0) is 27.8 Å². The number of urea groups is 1. The number of nitro groups is 1. The molecule has 2 aromatic carbocycles. The predicted molar refractivity (Wildman–Crippen MR) is 184 cm³/mol. The largest absolute Gasteiger partial charge is 0.502 e. The van der Waals surface area contributed by atoms with Gasteiger partial charge in [0.15, 0.2) is 5.75 Å². The Labute approximate surface area is 290 Å². The monoisotopic (exact) mass is 716 g/mol. The Morgan fingerprint density at radius 1 is 1.12 bits per heavy atom. The maximum Gasteiger partial charge on any atom is 0.321 e. The number of aromatic nitrogens is 1. The van der Waals surface area contributed by atoms with Crippen molar-refractivity contribution in [3.8, 4) is 5.75 Å². The first-order valence-electron chi connectivity index (χ1n) is 16.0. The van der Waals surface area contributed by atoms with Crippen molar-refractivity contribution in [3.63, 3.8) is 0 Å². The number of aryl methyl sites for hydroxylation is 1. The smallest absolute Gasteiger partial charge is 0.321 e. The summed E-state index contributed by atoms with van der Waals surface area (Å²) in [4.78, 5) is 45.3. The van der Waals surface area contributed by atoms with Gasteiger partial charge in [-0.2, -0.15) is 4.31 Å². The second kappa shape index (κ2) is 16.1. The number of thiazole rings is 1. The summed E-state index contributed by atoms with van der Waals surface area (Å²) in [5.74, 6) is -1.65. The second-order valence-electron chi connectivity index (χ2n) is 12.9. The molecule has 16 heteroatoms. The number of benzene rings is 2. The number of rotatable bonds is 16. The lowest BCUT2D eigenvalue weighted by atomic mass is 9.97. The highest BCUT2D eigenvalue weighted by atomic mass is 32.2. The average molecular weight is 717 g/mol. The van der Waals surface area contributed by atoms with Gasteiger partial charge in [0.1, 0.15) is 6.04 Å². The van der Waals surface area contributed by atoms with E-state index in [0.29, 0.717) is 19.6 Å². The quantitative estimate of drug-likeness (QED) is 0.147. The number of phenolic OH excluding ortho intramolecular Hbond substituents is 1. The normalized spacial score (nSPS) is 15.7. The van der Waals surface area contributed by atoms with Gasteiger partial charge in [-0.3, -0.25) is 14.9 Å². The van der Waals surface area contributed by atoms with E-state index < -0.39 is 61.9 Å². The molecule has 2 heterocycles. The number of aliphatic hydroxyl groups excluding tert-OH is 1. The van der Waals surface area contributed by atoms with Crippen molar-refractivity contribution in [1.82, 2.24) is 24.4 Å². The van der Waals surface area contributed by atoms with Crippen LogP contribution in [0.3, 0.4) is 0 Å². The van der Waals surface area contributed by atoms with Crippen LogP contribution in [0.4, 0.5) is 10.5 Å². The highest BCUT2D eigenvalue weighted by Crippen LogP contribution is 2.30. The van der Waals surface area contributed by atoms with Crippen LogP contribution in [0.5, 0.6) is 5.75 Å². The zero-order chi connectivity index (χ0) is 36.0. The van der Waals surface area contributed by atoms with E-state index in [0.717, 1.165) is 38.8 Å². The van der Waals surface area contributed by atoms with E-state index in [1.54, 1.807) is 18.7 Å². The molecule has 0 aliphatic carbocycles. The number of nitro benzene ring substituents is 1. The minimum absolute atomic E-state index is 0.0364. The van der Waals surface area contributed by atoms with Crippen molar-refractivity contribution < 1.29 is 33.1 Å². The minimum atomic E-state index is -4.40. The molecule has 1 saturated heterocycles. The number of carbonyl (C=O) groups is 2. The third-order valence-electron chi connectivity index (χ3n) is 8.21. The molecular formula is C33H44N6O8S2. The van der Waals surface area contributed by atoms with E-state index in [9.17, 15) is 38.3 Å². The van der Waals surface area contributed by atoms with Gasteiger partial charge in [0, 0.05) is 37.6 Å². The van der Waals surface area contributed by atoms with Crippen LogP contribution in [0, 0.1) is 28.9 Å². The molecule has 1 aliphatic rings. The number of aliphatic hydroxyl groups is 1. The van der Waals surface area contributed by atoms with Crippen molar-refractivity contribution >= 4 is 39.0 Å². The molecule has 1 aromatic heterocycles. The number of aromatic hydroxyl groups is 1. The molecule has 0 bridgehead atoms. The molecule has 0 radical (unpaired) electrons. The summed E-state index contributed by atoms with van der Waals surface area (Å²) in [6, 6.07) is 9.77. The molecule has 3 aromatic rings. The number of nitrogens with zero attached hydrogens (tertiary/aromatic N) is 5. The van der Waals surface area contributed by atoms with Gasteiger partial charge in [0.25, 0.3) is 0 Å². The molecule has 1 aliphatic heterocycles. The van der Waals surface area contributed by atoms with Crippen LogP contribution in [0.25, 0.3) is 0 Å². The lowest BCUT2D eigenvalue weighted by molar-refractivity contribution is -0.386. The minimum Gasteiger partial charge on any atom is -0.502 e. The van der Waals surface area contributed by atoms with E-state index in [-0.39, 0.29) is 30.8 Å². The summed E-state index contributed by atoms with van der Waals surface area (Å²) >= 11 is 1.50. The number of carbonyl (C=O) groups excluding carboxylic acids is 2. The summed E-state index contributed by atoms with van der Waals surface area (Å²) in [5.41, 5.74) is 0.788. The fraction of sp³-hybridized carbons (Fsp3) is 0.485. The summed E-state index contributed by atoms with van der Waals surface area (Å²) in [7, 11) is -4.40. The SMILES string of the molecule is Cc1nc(CN2CCN([C@H](C(=O)N[C@@H](Cc3ccccc3)[C@@H](O)CN(CC(C)C)S(=O)(=O)c3ccc(O)c([N+](=O)[O-])c3)C(C)C)C2=O)cs1. The molecule has 0 spiro atoms. The topological polar surface area (TPSA) is 187 Å². The van der Waals surface area contributed by atoms with E-state index in [1.807, 2.05) is 56.5 Å². The zero-order valence-corrected chi connectivity index (χ0v) is 29.9. The number of hydrogen-bond donors (Lipinski definition) is 3. The van der Waals surface area contributed by atoms with E-state index >= 15 is 0 Å². The maximum atomic E-state index is 14.0. The van der Waals surface area contributed by atoms with Crippen molar-refractivity contribution in [2.24, 2.45) is 11.8 Å². The average Bonchev–Trinajstić information content (AvgIpc) is 3.60. The molecule has 3 amide bonds. The predicted octanol–water partition coefficient (Wildman–Crippen LogP) is 3.76. The first-order chi connectivity index (χ1) is 23.1. The molecule has 14 nitrogen and oxygen atoms in total. The highest BCUT2D eigenvalue weighted by molar-refractivity contribution is 7.89. The molecule has 4 rings (SSSR count). The summed E-state index contributed by atoms with van der Waals surface area (Å²) in [6.45, 7) is 9.72. The van der Waals surface area contributed by atoms with Gasteiger partial charge in [-0.15, -0.1) is 11.3 Å². The molecule has 3 N–H and O–H groups in total. The standard InChI is InChI=1S/C33H44N6O8S2/c1-21(2)17-37(49(46,47)26-11-12-29(40)28(16-26)39(44)45)19-30(41)27(15-24-9-7-6-8-10-24)35-32(42)31(22(3)4)38-14-13-36(33(38)43)18-25-20-48-23(5)34-25/h6-12,16,20-22,27,30-31,40-41H,13-15,17-19H2,1-5H3,(H,35,42)/t27-,30-,31-/m0/s1. The van der Waals surface area contributed by atoms with Crippen LogP contribution >= 0.6 is 11.3 Å². The van der Waals surface area contributed by atoms with Crippen LogP contribution in [0.1, 0.15) is 44.0 Å². The van der Waals surface area contributed by atoms with Crippen molar-refractivity contribution in [3.05, 3.63) is 80.3 Å². The van der Waals surface area contributed by atoms with E-state index in [2.05, 4.69) is 10.3 Å². The molecule has 0 saturated carbocycles. The highest BCUT2D eigenvalue weighted by Gasteiger charge is 2.41. The van der Waals surface area contributed by atoms with Gasteiger partial charge in [0.2, 0.25) is 15.9 Å². The molecular weight excluding hydrogens is 673 g/mol. The molecule has 1 fully saturated rings. The van der Waals surface area contributed by atoms with E-state index in [1.165, 1.54) is 16.2 Å². The molecule has 3 atom stereocenters. The zero-order valence-electron chi connectivity index (χ0n) is 28.2. The first kappa shape index (κ1) is 37.7. The Hall–Kier alpha value is -4.12.